The SMILES string of the molecule is NC(=S)CCN(CC1CSc2ccccc21)C1CC1. The van der Waals surface area contributed by atoms with Crippen LogP contribution in [0, 0.1) is 0 Å². The topological polar surface area (TPSA) is 29.3 Å². The first-order valence-electron chi connectivity index (χ1n) is 6.98. The predicted molar refractivity (Wildman–Crippen MR) is 85.9 cm³/mol. The van der Waals surface area contributed by atoms with E-state index in [0.717, 1.165) is 25.6 Å². The number of hydrogen-bond donors (Lipinski definition) is 1. The first kappa shape index (κ1) is 13.4. The fraction of sp³-hybridized carbons (Fsp3) is 0.533. The van der Waals surface area contributed by atoms with Crippen LogP contribution < -0.4 is 5.73 Å². The van der Waals surface area contributed by atoms with Crippen molar-refractivity contribution < 1.29 is 0 Å². The lowest BCUT2D eigenvalue weighted by molar-refractivity contribution is 0.259. The standard InChI is InChI=1S/C15H20N2S2/c16-15(18)7-8-17(12-5-6-12)9-11-10-19-14-4-2-1-3-13(11)14/h1-4,11-12H,5-10H2,(H2,16,18). The first-order valence-corrected chi connectivity index (χ1v) is 8.37. The molecular weight excluding hydrogens is 272 g/mol. The molecule has 0 spiro atoms. The van der Waals surface area contributed by atoms with Crippen molar-refractivity contribution in [1.82, 2.24) is 4.90 Å². The molecule has 2 aliphatic rings. The summed E-state index contributed by atoms with van der Waals surface area (Å²) in [7, 11) is 0. The van der Waals surface area contributed by atoms with E-state index in [2.05, 4.69) is 29.2 Å². The molecule has 1 unspecified atom stereocenters. The Morgan fingerprint density at radius 1 is 1.37 bits per heavy atom. The largest absolute Gasteiger partial charge is 0.393 e. The van der Waals surface area contributed by atoms with Gasteiger partial charge in [0.05, 0.1) is 4.99 Å². The molecule has 1 aliphatic heterocycles. The third-order valence-corrected chi connectivity index (χ3v) is 5.42. The molecule has 0 radical (unpaired) electrons. The van der Waals surface area contributed by atoms with Gasteiger partial charge in [0.25, 0.3) is 0 Å². The zero-order valence-corrected chi connectivity index (χ0v) is 12.7. The number of hydrogen-bond acceptors (Lipinski definition) is 3. The molecule has 1 saturated carbocycles. The van der Waals surface area contributed by atoms with E-state index in [1.807, 2.05) is 11.8 Å². The van der Waals surface area contributed by atoms with Crippen molar-refractivity contribution >= 4 is 29.0 Å². The summed E-state index contributed by atoms with van der Waals surface area (Å²) in [5.41, 5.74) is 7.18. The molecular formula is C15H20N2S2. The number of nitrogens with two attached hydrogens (primary N) is 1. The number of benzene rings is 1. The van der Waals surface area contributed by atoms with Gasteiger partial charge in [0.15, 0.2) is 0 Å². The maximum atomic E-state index is 5.65. The quantitative estimate of drug-likeness (QED) is 0.816. The van der Waals surface area contributed by atoms with Crippen LogP contribution >= 0.6 is 24.0 Å². The van der Waals surface area contributed by atoms with Gasteiger partial charge in [0, 0.05) is 42.1 Å². The van der Waals surface area contributed by atoms with E-state index in [9.17, 15) is 0 Å². The van der Waals surface area contributed by atoms with Crippen molar-refractivity contribution in [3.05, 3.63) is 29.8 Å². The Labute approximate surface area is 124 Å². The zero-order chi connectivity index (χ0) is 13.2. The lowest BCUT2D eigenvalue weighted by Gasteiger charge is -2.25. The molecule has 3 rings (SSSR count). The van der Waals surface area contributed by atoms with Gasteiger partial charge in [-0.25, -0.2) is 0 Å². The highest BCUT2D eigenvalue weighted by Gasteiger charge is 2.32. The minimum absolute atomic E-state index is 0.645. The van der Waals surface area contributed by atoms with E-state index in [0.29, 0.717) is 10.9 Å². The summed E-state index contributed by atoms with van der Waals surface area (Å²) < 4.78 is 0. The monoisotopic (exact) mass is 292 g/mol. The smallest absolute Gasteiger partial charge is 0.0740 e. The van der Waals surface area contributed by atoms with E-state index in [1.54, 1.807) is 0 Å². The predicted octanol–water partition coefficient (Wildman–Crippen LogP) is 3.02. The van der Waals surface area contributed by atoms with Crippen molar-refractivity contribution in [3.8, 4) is 0 Å². The molecule has 1 aromatic rings. The Morgan fingerprint density at radius 3 is 2.89 bits per heavy atom. The van der Waals surface area contributed by atoms with Gasteiger partial charge in [-0.05, 0) is 24.5 Å². The highest BCUT2D eigenvalue weighted by atomic mass is 32.2. The molecule has 2 nitrogen and oxygen atoms in total. The van der Waals surface area contributed by atoms with Gasteiger partial charge in [-0.2, -0.15) is 0 Å². The van der Waals surface area contributed by atoms with Gasteiger partial charge < -0.3 is 5.73 Å². The molecule has 1 fully saturated rings. The van der Waals surface area contributed by atoms with Crippen LogP contribution in [0.15, 0.2) is 29.2 Å². The lowest BCUT2D eigenvalue weighted by atomic mass is 10.0. The van der Waals surface area contributed by atoms with Gasteiger partial charge in [0.1, 0.15) is 0 Å². The second-order valence-corrected chi connectivity index (χ2v) is 7.07. The maximum Gasteiger partial charge on any atom is 0.0740 e. The Hall–Kier alpha value is -0.580. The van der Waals surface area contributed by atoms with Crippen LogP contribution in [0.5, 0.6) is 0 Å². The second kappa shape index (κ2) is 5.81. The molecule has 0 bridgehead atoms. The van der Waals surface area contributed by atoms with Gasteiger partial charge in [-0.15, -0.1) is 11.8 Å². The summed E-state index contributed by atoms with van der Waals surface area (Å²) in [6, 6.07) is 9.62. The third kappa shape index (κ3) is 3.30. The Bertz CT molecular complexity index is 471. The summed E-state index contributed by atoms with van der Waals surface area (Å²) >= 11 is 7.01. The van der Waals surface area contributed by atoms with Crippen LogP contribution in [0.25, 0.3) is 0 Å². The number of thiocarbonyl (C=S) groups is 1. The highest BCUT2D eigenvalue weighted by Crippen LogP contribution is 2.41. The van der Waals surface area contributed by atoms with E-state index in [1.165, 1.54) is 29.1 Å². The molecule has 1 heterocycles. The van der Waals surface area contributed by atoms with Gasteiger partial charge >= 0.3 is 0 Å². The zero-order valence-electron chi connectivity index (χ0n) is 11.0. The molecule has 1 aromatic carbocycles. The van der Waals surface area contributed by atoms with Crippen molar-refractivity contribution in [2.24, 2.45) is 5.73 Å². The molecule has 0 amide bonds. The number of rotatable bonds is 6. The molecule has 0 saturated heterocycles. The summed E-state index contributed by atoms with van der Waals surface area (Å²) in [4.78, 5) is 4.72. The van der Waals surface area contributed by atoms with E-state index >= 15 is 0 Å². The molecule has 2 N–H and O–H groups in total. The number of fused-ring (bicyclic) bond motifs is 1. The van der Waals surface area contributed by atoms with Crippen LogP contribution in [0.3, 0.4) is 0 Å². The minimum Gasteiger partial charge on any atom is -0.393 e. The maximum absolute atomic E-state index is 5.65. The molecule has 0 aromatic heterocycles. The number of nitrogens with zero attached hydrogens (tertiary/aromatic N) is 1. The highest BCUT2D eigenvalue weighted by molar-refractivity contribution is 7.99. The van der Waals surface area contributed by atoms with Crippen LogP contribution in [0.2, 0.25) is 0 Å². The summed E-state index contributed by atoms with van der Waals surface area (Å²) in [5.74, 6) is 1.89. The fourth-order valence-electron chi connectivity index (χ4n) is 2.78. The normalized spacial score (nSPS) is 21.6. The average molecular weight is 292 g/mol. The molecule has 1 atom stereocenters. The molecule has 102 valence electrons. The van der Waals surface area contributed by atoms with Crippen LogP contribution in [0.1, 0.15) is 30.7 Å². The fourth-order valence-corrected chi connectivity index (χ4v) is 4.11. The Kier molecular flexibility index (Phi) is 4.10. The molecule has 4 heteroatoms. The lowest BCUT2D eigenvalue weighted by Crippen LogP contribution is -2.33. The van der Waals surface area contributed by atoms with Gasteiger partial charge in [-0.3, -0.25) is 4.90 Å². The van der Waals surface area contributed by atoms with Gasteiger partial charge in [0.2, 0.25) is 0 Å². The van der Waals surface area contributed by atoms with Crippen molar-refractivity contribution in [2.75, 3.05) is 18.8 Å². The Morgan fingerprint density at radius 2 is 2.16 bits per heavy atom. The van der Waals surface area contributed by atoms with Crippen molar-refractivity contribution in [1.29, 1.82) is 0 Å². The summed E-state index contributed by atoms with van der Waals surface area (Å²) in [6.45, 7) is 2.20. The van der Waals surface area contributed by atoms with E-state index in [-0.39, 0.29) is 0 Å². The summed E-state index contributed by atoms with van der Waals surface area (Å²) in [6.07, 6.45) is 3.55. The van der Waals surface area contributed by atoms with Crippen LogP contribution in [0.4, 0.5) is 0 Å². The third-order valence-electron chi connectivity index (χ3n) is 3.96. The second-order valence-electron chi connectivity index (χ2n) is 5.49. The Balaban J connectivity index is 1.64. The van der Waals surface area contributed by atoms with Crippen LogP contribution in [-0.2, 0) is 0 Å². The van der Waals surface area contributed by atoms with Crippen molar-refractivity contribution in [2.45, 2.75) is 36.1 Å². The van der Waals surface area contributed by atoms with Crippen LogP contribution in [-0.4, -0.2) is 34.8 Å². The first-order chi connectivity index (χ1) is 9.24. The minimum atomic E-state index is 0.645. The number of thioether (sulfide) groups is 1. The average Bonchev–Trinajstić information content (AvgIpc) is 3.17. The van der Waals surface area contributed by atoms with E-state index in [4.69, 9.17) is 18.0 Å². The van der Waals surface area contributed by atoms with Crippen molar-refractivity contribution in [3.63, 3.8) is 0 Å². The van der Waals surface area contributed by atoms with Gasteiger partial charge in [-0.1, -0.05) is 30.4 Å². The molecule has 1 aliphatic carbocycles. The molecule has 19 heavy (non-hydrogen) atoms. The van der Waals surface area contributed by atoms with E-state index < -0.39 is 0 Å². The summed E-state index contributed by atoms with van der Waals surface area (Å²) in [5, 5.41) is 0.